The quantitative estimate of drug-likeness (QED) is 0.640. The minimum atomic E-state index is -4.07. The number of nitrogens with one attached hydrogen (secondary N) is 1. The van der Waals surface area contributed by atoms with E-state index in [0.29, 0.717) is 0 Å². The molecular weight excluding hydrogens is 255 g/mol. The van der Waals surface area contributed by atoms with Gasteiger partial charge in [-0.25, -0.2) is 12.8 Å². The Morgan fingerprint density at radius 1 is 1.44 bits per heavy atom. The Balaban J connectivity index is 3.20. The molecule has 1 unspecified atom stereocenters. The Morgan fingerprint density at radius 3 is 2.50 bits per heavy atom. The summed E-state index contributed by atoms with van der Waals surface area (Å²) < 4.78 is 39.8. The SMILES string of the molecule is C#CC(NS(=O)(=O)c1c(N)cccc1F)C(C)C. The Hall–Kier alpha value is -1.58. The van der Waals surface area contributed by atoms with Crippen LogP contribution < -0.4 is 10.5 Å². The number of halogens is 1. The minimum absolute atomic E-state index is 0.113. The Kier molecular flexibility index (Phi) is 4.33. The lowest BCUT2D eigenvalue weighted by Crippen LogP contribution is -2.38. The van der Waals surface area contributed by atoms with Crippen LogP contribution in [0.3, 0.4) is 0 Å². The largest absolute Gasteiger partial charge is 0.398 e. The average Bonchev–Trinajstić information content (AvgIpc) is 2.25. The first-order valence-corrected chi connectivity index (χ1v) is 6.80. The van der Waals surface area contributed by atoms with Gasteiger partial charge < -0.3 is 5.73 Å². The molecule has 3 N–H and O–H groups in total. The topological polar surface area (TPSA) is 72.2 Å². The normalized spacial score (nSPS) is 13.3. The lowest BCUT2D eigenvalue weighted by atomic mass is 10.1. The third-order valence-corrected chi connectivity index (χ3v) is 3.93. The van der Waals surface area contributed by atoms with Crippen molar-refractivity contribution in [2.45, 2.75) is 24.8 Å². The van der Waals surface area contributed by atoms with E-state index in [2.05, 4.69) is 10.6 Å². The molecule has 6 heteroatoms. The first-order chi connectivity index (χ1) is 8.29. The summed E-state index contributed by atoms with van der Waals surface area (Å²) in [7, 11) is -4.07. The smallest absolute Gasteiger partial charge is 0.246 e. The molecule has 1 atom stereocenters. The molecule has 0 spiro atoms. The van der Waals surface area contributed by atoms with Crippen LogP contribution in [0.1, 0.15) is 13.8 Å². The van der Waals surface area contributed by atoms with E-state index < -0.39 is 26.8 Å². The number of hydrogen-bond donors (Lipinski definition) is 2. The van der Waals surface area contributed by atoms with Crippen molar-refractivity contribution in [3.63, 3.8) is 0 Å². The van der Waals surface area contributed by atoms with E-state index in [1.807, 2.05) is 0 Å². The third kappa shape index (κ3) is 3.00. The molecule has 0 fully saturated rings. The number of hydrogen-bond acceptors (Lipinski definition) is 3. The van der Waals surface area contributed by atoms with Gasteiger partial charge in [0.2, 0.25) is 10.0 Å². The summed E-state index contributed by atoms with van der Waals surface area (Å²) in [6, 6.07) is 2.97. The molecule has 0 aliphatic heterocycles. The fourth-order valence-electron chi connectivity index (χ4n) is 1.40. The summed E-state index contributed by atoms with van der Waals surface area (Å²) in [4.78, 5) is -0.564. The van der Waals surface area contributed by atoms with Crippen LogP contribution in [-0.4, -0.2) is 14.5 Å². The van der Waals surface area contributed by atoms with Crippen LogP contribution in [0.5, 0.6) is 0 Å². The van der Waals surface area contributed by atoms with E-state index >= 15 is 0 Å². The molecule has 1 aromatic rings. The van der Waals surface area contributed by atoms with Crippen LogP contribution in [0.15, 0.2) is 23.1 Å². The summed E-state index contributed by atoms with van der Waals surface area (Å²) >= 11 is 0. The van der Waals surface area contributed by atoms with Gasteiger partial charge in [0.1, 0.15) is 10.7 Å². The maximum Gasteiger partial charge on any atom is 0.246 e. The van der Waals surface area contributed by atoms with Crippen molar-refractivity contribution in [2.24, 2.45) is 5.92 Å². The van der Waals surface area contributed by atoms with E-state index in [1.165, 1.54) is 12.1 Å². The molecule has 18 heavy (non-hydrogen) atoms. The maximum atomic E-state index is 13.6. The molecule has 0 aromatic heterocycles. The minimum Gasteiger partial charge on any atom is -0.398 e. The lowest BCUT2D eigenvalue weighted by Gasteiger charge is -2.17. The van der Waals surface area contributed by atoms with Gasteiger partial charge in [0, 0.05) is 0 Å². The molecule has 0 saturated carbocycles. The van der Waals surface area contributed by atoms with Gasteiger partial charge in [-0.1, -0.05) is 25.8 Å². The monoisotopic (exact) mass is 270 g/mol. The van der Waals surface area contributed by atoms with Crippen LogP contribution in [0.25, 0.3) is 0 Å². The summed E-state index contributed by atoms with van der Waals surface area (Å²) in [6.45, 7) is 3.52. The van der Waals surface area contributed by atoms with Crippen molar-refractivity contribution in [1.29, 1.82) is 0 Å². The summed E-state index contributed by atoms with van der Waals surface area (Å²) in [6.07, 6.45) is 5.23. The fourth-order valence-corrected chi connectivity index (χ4v) is 2.89. The van der Waals surface area contributed by atoms with Gasteiger partial charge in [0.05, 0.1) is 11.7 Å². The molecule has 1 aromatic carbocycles. The predicted octanol–water partition coefficient (Wildman–Crippen LogP) is 1.34. The van der Waals surface area contributed by atoms with Crippen LogP contribution in [-0.2, 0) is 10.0 Å². The van der Waals surface area contributed by atoms with Crippen molar-refractivity contribution >= 4 is 15.7 Å². The van der Waals surface area contributed by atoms with E-state index in [1.54, 1.807) is 13.8 Å². The number of nitrogen functional groups attached to an aromatic ring is 1. The number of rotatable bonds is 4. The first-order valence-electron chi connectivity index (χ1n) is 5.32. The molecule has 0 amide bonds. The molecule has 0 saturated heterocycles. The van der Waals surface area contributed by atoms with Gasteiger partial charge in [-0.05, 0) is 18.1 Å². The molecule has 4 nitrogen and oxygen atoms in total. The van der Waals surface area contributed by atoms with Gasteiger partial charge in [-0.2, -0.15) is 4.72 Å². The number of sulfonamides is 1. The Morgan fingerprint density at radius 2 is 2.06 bits per heavy atom. The van der Waals surface area contributed by atoms with Crippen molar-refractivity contribution in [2.75, 3.05) is 5.73 Å². The average molecular weight is 270 g/mol. The van der Waals surface area contributed by atoms with Crippen LogP contribution in [0.4, 0.5) is 10.1 Å². The Bertz CT molecular complexity index is 556. The van der Waals surface area contributed by atoms with E-state index in [4.69, 9.17) is 12.2 Å². The molecule has 0 bridgehead atoms. The molecule has 0 aliphatic carbocycles. The highest BCUT2D eigenvalue weighted by Gasteiger charge is 2.25. The summed E-state index contributed by atoms with van der Waals surface area (Å²) in [5.41, 5.74) is 5.34. The first kappa shape index (κ1) is 14.5. The molecule has 0 radical (unpaired) electrons. The van der Waals surface area contributed by atoms with E-state index in [0.717, 1.165) is 6.07 Å². The van der Waals surface area contributed by atoms with Crippen LogP contribution >= 0.6 is 0 Å². The van der Waals surface area contributed by atoms with E-state index in [9.17, 15) is 12.8 Å². The second-order valence-electron chi connectivity index (χ2n) is 4.17. The lowest BCUT2D eigenvalue weighted by molar-refractivity contribution is 0.512. The molecule has 0 aliphatic rings. The zero-order chi connectivity index (χ0) is 13.9. The van der Waals surface area contributed by atoms with Gasteiger partial charge in [-0.3, -0.25) is 0 Å². The number of nitrogens with two attached hydrogens (primary N) is 1. The molecular formula is C12H15FN2O2S. The standard InChI is InChI=1S/C12H15FN2O2S/c1-4-11(8(2)3)15-18(16,17)12-9(13)6-5-7-10(12)14/h1,5-8,11,15H,14H2,2-3H3. The number of anilines is 1. The number of benzene rings is 1. The molecule has 1 rings (SSSR count). The van der Waals surface area contributed by atoms with Crippen molar-refractivity contribution in [1.82, 2.24) is 4.72 Å². The predicted molar refractivity (Wildman–Crippen MR) is 68.6 cm³/mol. The second-order valence-corrected chi connectivity index (χ2v) is 5.82. The van der Waals surface area contributed by atoms with Crippen molar-refractivity contribution in [3.8, 4) is 12.3 Å². The summed E-state index contributed by atoms with van der Waals surface area (Å²) in [5, 5.41) is 0. The zero-order valence-corrected chi connectivity index (χ0v) is 11.0. The highest BCUT2D eigenvalue weighted by molar-refractivity contribution is 7.89. The number of terminal acetylenes is 1. The second kappa shape index (κ2) is 5.38. The zero-order valence-electron chi connectivity index (χ0n) is 10.1. The molecule has 0 heterocycles. The van der Waals surface area contributed by atoms with Crippen molar-refractivity contribution in [3.05, 3.63) is 24.0 Å². The van der Waals surface area contributed by atoms with Crippen LogP contribution in [0, 0.1) is 24.1 Å². The van der Waals surface area contributed by atoms with E-state index in [-0.39, 0.29) is 11.6 Å². The highest BCUT2D eigenvalue weighted by atomic mass is 32.2. The van der Waals surface area contributed by atoms with Gasteiger partial charge >= 0.3 is 0 Å². The third-order valence-electron chi connectivity index (χ3n) is 2.39. The van der Waals surface area contributed by atoms with Crippen LogP contribution in [0.2, 0.25) is 0 Å². The molecule has 98 valence electrons. The van der Waals surface area contributed by atoms with Gasteiger partial charge in [-0.15, -0.1) is 6.42 Å². The Labute approximate surface area is 106 Å². The van der Waals surface area contributed by atoms with Crippen molar-refractivity contribution < 1.29 is 12.8 Å². The highest BCUT2D eigenvalue weighted by Crippen LogP contribution is 2.22. The summed E-state index contributed by atoms with van der Waals surface area (Å²) in [5.74, 6) is 1.30. The van der Waals surface area contributed by atoms with Gasteiger partial charge in [0.15, 0.2) is 0 Å². The van der Waals surface area contributed by atoms with Gasteiger partial charge in [0.25, 0.3) is 0 Å². The maximum absolute atomic E-state index is 13.6. The fraction of sp³-hybridized carbons (Fsp3) is 0.333.